The van der Waals surface area contributed by atoms with Crippen molar-refractivity contribution >= 4 is 0 Å². The Balaban J connectivity index is 2.72. The minimum Gasteiger partial charge on any atom is -0.406 e. The van der Waals surface area contributed by atoms with Gasteiger partial charge in [-0.3, -0.25) is 0 Å². The maximum Gasteiger partial charge on any atom is 0.573 e. The number of benzene rings is 1. The lowest BCUT2D eigenvalue weighted by Crippen LogP contribution is -2.17. The number of hydrogen-bond acceptors (Lipinski definition) is 2. The molecule has 1 N–H and O–H groups in total. The van der Waals surface area contributed by atoms with Crippen LogP contribution in [0.1, 0.15) is 25.0 Å². The summed E-state index contributed by atoms with van der Waals surface area (Å²) in [6.07, 6.45) is -4.81. The van der Waals surface area contributed by atoms with E-state index < -0.39 is 12.5 Å². The van der Waals surface area contributed by atoms with E-state index in [2.05, 4.69) is 4.74 Å². The second-order valence-electron chi connectivity index (χ2n) is 3.04. The summed E-state index contributed by atoms with van der Waals surface area (Å²) in [7, 11) is 0. The Morgan fingerprint density at radius 2 is 1.80 bits per heavy atom. The van der Waals surface area contributed by atoms with E-state index in [0.29, 0.717) is 12.0 Å². The van der Waals surface area contributed by atoms with Crippen molar-refractivity contribution in [1.82, 2.24) is 0 Å². The lowest BCUT2D eigenvalue weighted by atomic mass is 10.1. The van der Waals surface area contributed by atoms with Gasteiger partial charge in [-0.15, -0.1) is 13.2 Å². The molecule has 0 bridgehead atoms. The summed E-state index contributed by atoms with van der Waals surface area (Å²) < 4.78 is 39.1. The predicted molar refractivity (Wildman–Crippen MR) is 48.4 cm³/mol. The van der Waals surface area contributed by atoms with Gasteiger partial charge in [0.15, 0.2) is 0 Å². The summed E-state index contributed by atoms with van der Waals surface area (Å²) in [6.45, 7) is 1.78. The van der Waals surface area contributed by atoms with Crippen LogP contribution in [0, 0.1) is 0 Å². The molecule has 84 valence electrons. The van der Waals surface area contributed by atoms with Gasteiger partial charge in [0.25, 0.3) is 0 Å². The van der Waals surface area contributed by atoms with Crippen LogP contribution in [0.5, 0.6) is 5.75 Å². The molecule has 0 aliphatic heterocycles. The summed E-state index contributed by atoms with van der Waals surface area (Å²) >= 11 is 0. The van der Waals surface area contributed by atoms with Crippen molar-refractivity contribution in [2.24, 2.45) is 0 Å². The third kappa shape index (κ3) is 3.79. The van der Waals surface area contributed by atoms with Crippen molar-refractivity contribution < 1.29 is 23.0 Å². The molecule has 1 aromatic carbocycles. The van der Waals surface area contributed by atoms with Crippen LogP contribution in [-0.4, -0.2) is 11.5 Å². The quantitative estimate of drug-likeness (QED) is 0.848. The SMILES string of the molecule is CC[C@@H](O)c1ccc(OC(F)(F)F)cc1. The van der Waals surface area contributed by atoms with Crippen molar-refractivity contribution in [3.05, 3.63) is 29.8 Å². The zero-order valence-electron chi connectivity index (χ0n) is 8.08. The second kappa shape index (κ2) is 4.53. The molecule has 5 heteroatoms. The molecule has 0 heterocycles. The molecule has 2 nitrogen and oxygen atoms in total. The maximum absolute atomic E-state index is 11.8. The van der Waals surface area contributed by atoms with E-state index in [1.165, 1.54) is 24.3 Å². The normalized spacial score (nSPS) is 13.7. The lowest BCUT2D eigenvalue weighted by Gasteiger charge is -2.11. The number of ether oxygens (including phenoxy) is 1. The minimum atomic E-state index is -4.68. The second-order valence-corrected chi connectivity index (χ2v) is 3.04. The maximum atomic E-state index is 11.8. The zero-order chi connectivity index (χ0) is 11.5. The third-order valence-electron chi connectivity index (χ3n) is 1.89. The smallest absolute Gasteiger partial charge is 0.406 e. The number of aliphatic hydroxyl groups excluding tert-OH is 1. The van der Waals surface area contributed by atoms with E-state index in [1.807, 2.05) is 0 Å². The first-order chi connectivity index (χ1) is 6.92. The van der Waals surface area contributed by atoms with Crippen LogP contribution in [0.4, 0.5) is 13.2 Å². The van der Waals surface area contributed by atoms with Gasteiger partial charge in [-0.1, -0.05) is 19.1 Å². The fourth-order valence-corrected chi connectivity index (χ4v) is 1.13. The Morgan fingerprint density at radius 3 is 2.20 bits per heavy atom. The Bertz CT molecular complexity index is 305. The monoisotopic (exact) mass is 220 g/mol. The molecule has 0 saturated carbocycles. The van der Waals surface area contributed by atoms with Gasteiger partial charge in [0.05, 0.1) is 6.10 Å². The summed E-state index contributed by atoms with van der Waals surface area (Å²) in [5, 5.41) is 9.39. The molecule has 0 spiro atoms. The summed E-state index contributed by atoms with van der Waals surface area (Å²) in [5.41, 5.74) is 0.576. The number of aliphatic hydroxyl groups is 1. The van der Waals surface area contributed by atoms with Crippen LogP contribution in [0.15, 0.2) is 24.3 Å². The van der Waals surface area contributed by atoms with Crippen molar-refractivity contribution in [2.45, 2.75) is 25.8 Å². The average molecular weight is 220 g/mol. The highest BCUT2D eigenvalue weighted by atomic mass is 19.4. The van der Waals surface area contributed by atoms with Crippen LogP contribution in [-0.2, 0) is 0 Å². The molecular formula is C10H11F3O2. The lowest BCUT2D eigenvalue weighted by molar-refractivity contribution is -0.274. The fourth-order valence-electron chi connectivity index (χ4n) is 1.13. The van der Waals surface area contributed by atoms with E-state index in [4.69, 9.17) is 0 Å². The molecule has 0 aliphatic carbocycles. The standard InChI is InChI=1S/C10H11F3O2/c1-2-9(14)7-3-5-8(6-4-7)15-10(11,12)13/h3-6,9,14H,2H2,1H3/t9-/m1/s1. The Hall–Kier alpha value is -1.23. The molecule has 0 amide bonds. The van der Waals surface area contributed by atoms with E-state index >= 15 is 0 Å². The molecule has 0 fully saturated rings. The van der Waals surface area contributed by atoms with Gasteiger partial charge in [-0.05, 0) is 24.1 Å². The molecule has 0 radical (unpaired) electrons. The summed E-state index contributed by atoms with van der Waals surface area (Å²) in [4.78, 5) is 0. The van der Waals surface area contributed by atoms with Crippen molar-refractivity contribution in [1.29, 1.82) is 0 Å². The Morgan fingerprint density at radius 1 is 1.27 bits per heavy atom. The molecule has 0 unspecified atom stereocenters. The van der Waals surface area contributed by atoms with E-state index in [0.717, 1.165) is 0 Å². The van der Waals surface area contributed by atoms with Gasteiger partial charge in [-0.2, -0.15) is 0 Å². The van der Waals surface area contributed by atoms with Gasteiger partial charge in [0.1, 0.15) is 5.75 Å². The van der Waals surface area contributed by atoms with Crippen LogP contribution in [0.2, 0.25) is 0 Å². The van der Waals surface area contributed by atoms with E-state index in [9.17, 15) is 18.3 Å². The Kier molecular flexibility index (Phi) is 3.57. The highest BCUT2D eigenvalue weighted by Crippen LogP contribution is 2.24. The molecule has 1 atom stereocenters. The van der Waals surface area contributed by atoms with Crippen LogP contribution in [0.3, 0.4) is 0 Å². The topological polar surface area (TPSA) is 29.5 Å². The van der Waals surface area contributed by atoms with Gasteiger partial charge in [-0.25, -0.2) is 0 Å². The average Bonchev–Trinajstić information content (AvgIpc) is 2.15. The molecule has 15 heavy (non-hydrogen) atoms. The molecule has 0 saturated heterocycles. The third-order valence-corrected chi connectivity index (χ3v) is 1.89. The first-order valence-corrected chi connectivity index (χ1v) is 4.46. The molecule has 1 aromatic rings. The molecule has 0 aromatic heterocycles. The number of hydrogen-bond donors (Lipinski definition) is 1. The largest absolute Gasteiger partial charge is 0.573 e. The highest BCUT2D eigenvalue weighted by Gasteiger charge is 2.30. The van der Waals surface area contributed by atoms with Gasteiger partial charge >= 0.3 is 6.36 Å². The van der Waals surface area contributed by atoms with Gasteiger partial charge < -0.3 is 9.84 Å². The highest BCUT2D eigenvalue weighted by molar-refractivity contribution is 5.28. The predicted octanol–water partition coefficient (Wildman–Crippen LogP) is 3.03. The minimum absolute atomic E-state index is 0.283. The number of halogens is 3. The van der Waals surface area contributed by atoms with E-state index in [-0.39, 0.29) is 5.75 Å². The van der Waals surface area contributed by atoms with Crippen LogP contribution >= 0.6 is 0 Å². The molecule has 1 rings (SSSR count). The van der Waals surface area contributed by atoms with Crippen LogP contribution < -0.4 is 4.74 Å². The van der Waals surface area contributed by atoms with Crippen LogP contribution in [0.25, 0.3) is 0 Å². The molecule has 0 aliphatic rings. The van der Waals surface area contributed by atoms with Crippen molar-refractivity contribution in [3.63, 3.8) is 0 Å². The first kappa shape index (κ1) is 11.8. The summed E-state index contributed by atoms with van der Waals surface area (Å²) in [6, 6.07) is 5.19. The molecular weight excluding hydrogens is 209 g/mol. The summed E-state index contributed by atoms with van der Waals surface area (Å²) in [5.74, 6) is -0.283. The van der Waals surface area contributed by atoms with E-state index in [1.54, 1.807) is 6.92 Å². The number of alkyl halides is 3. The van der Waals surface area contributed by atoms with Crippen molar-refractivity contribution in [3.8, 4) is 5.75 Å². The van der Waals surface area contributed by atoms with Crippen molar-refractivity contribution in [2.75, 3.05) is 0 Å². The Labute approximate surface area is 85.3 Å². The number of rotatable bonds is 3. The fraction of sp³-hybridized carbons (Fsp3) is 0.400. The van der Waals surface area contributed by atoms with Gasteiger partial charge in [0.2, 0.25) is 0 Å². The first-order valence-electron chi connectivity index (χ1n) is 4.46. The zero-order valence-corrected chi connectivity index (χ0v) is 8.08. The van der Waals surface area contributed by atoms with Gasteiger partial charge in [0, 0.05) is 0 Å².